The standard InChI is InChI=1S/C17H16F2O3/c1-2-3-12-4-8-14(9-5-12)17(18,19)22-15-10-6-13(7-11-15)16(20)21/h4-11H,2-3H2,1H3,(H,20,21). The zero-order chi connectivity index (χ0) is 16.2. The molecule has 5 heteroatoms. The summed E-state index contributed by atoms with van der Waals surface area (Å²) in [5.74, 6) is -1.21. The van der Waals surface area contributed by atoms with Crippen LogP contribution in [-0.2, 0) is 12.5 Å². The Kier molecular flexibility index (Phi) is 4.75. The number of aromatic carboxylic acids is 1. The maximum Gasteiger partial charge on any atom is 0.426 e. The molecular weight excluding hydrogens is 290 g/mol. The second kappa shape index (κ2) is 6.56. The normalized spacial score (nSPS) is 11.2. The highest BCUT2D eigenvalue weighted by Crippen LogP contribution is 2.31. The Hall–Kier alpha value is -2.43. The molecule has 0 spiro atoms. The number of halogens is 2. The fourth-order valence-electron chi connectivity index (χ4n) is 2.03. The average Bonchev–Trinajstić information content (AvgIpc) is 2.48. The molecule has 0 saturated heterocycles. The Balaban J connectivity index is 2.13. The molecule has 0 saturated carbocycles. The monoisotopic (exact) mass is 306 g/mol. The second-order valence-electron chi connectivity index (χ2n) is 4.90. The molecule has 0 amide bonds. The Labute approximate surface area is 127 Å². The molecule has 2 aromatic rings. The molecule has 116 valence electrons. The van der Waals surface area contributed by atoms with Gasteiger partial charge in [0.05, 0.1) is 11.1 Å². The third-order valence-electron chi connectivity index (χ3n) is 3.18. The van der Waals surface area contributed by atoms with Gasteiger partial charge in [-0.05, 0) is 48.4 Å². The van der Waals surface area contributed by atoms with E-state index in [-0.39, 0.29) is 16.9 Å². The number of carboxylic acids is 1. The van der Waals surface area contributed by atoms with Gasteiger partial charge in [0.1, 0.15) is 5.75 Å². The first kappa shape index (κ1) is 15.9. The molecule has 0 radical (unpaired) electrons. The first-order chi connectivity index (χ1) is 10.4. The predicted octanol–water partition coefficient (Wildman–Crippen LogP) is 4.47. The quantitative estimate of drug-likeness (QED) is 0.856. The maximum atomic E-state index is 14.1. The summed E-state index contributed by atoms with van der Waals surface area (Å²) < 4.78 is 32.9. The van der Waals surface area contributed by atoms with Gasteiger partial charge in [0.25, 0.3) is 0 Å². The van der Waals surface area contributed by atoms with Crippen molar-refractivity contribution in [2.24, 2.45) is 0 Å². The van der Waals surface area contributed by atoms with Gasteiger partial charge in [-0.3, -0.25) is 0 Å². The van der Waals surface area contributed by atoms with Crippen molar-refractivity contribution in [2.75, 3.05) is 0 Å². The summed E-state index contributed by atoms with van der Waals surface area (Å²) in [5.41, 5.74) is 0.766. The summed E-state index contributed by atoms with van der Waals surface area (Å²) in [6, 6.07) is 10.9. The zero-order valence-electron chi connectivity index (χ0n) is 12.1. The number of ether oxygens (including phenoxy) is 1. The molecule has 0 atom stereocenters. The van der Waals surface area contributed by atoms with Gasteiger partial charge in [-0.2, -0.15) is 8.78 Å². The summed E-state index contributed by atoms with van der Waals surface area (Å²) in [5, 5.41) is 8.77. The van der Waals surface area contributed by atoms with E-state index in [4.69, 9.17) is 9.84 Å². The summed E-state index contributed by atoms with van der Waals surface area (Å²) in [6.07, 6.45) is -1.69. The summed E-state index contributed by atoms with van der Waals surface area (Å²) in [7, 11) is 0. The molecule has 1 N–H and O–H groups in total. The molecule has 22 heavy (non-hydrogen) atoms. The Morgan fingerprint density at radius 1 is 1.09 bits per heavy atom. The van der Waals surface area contributed by atoms with Gasteiger partial charge in [0.15, 0.2) is 0 Å². The van der Waals surface area contributed by atoms with Crippen molar-refractivity contribution < 1.29 is 23.4 Å². The van der Waals surface area contributed by atoms with Crippen molar-refractivity contribution in [3.05, 3.63) is 65.2 Å². The van der Waals surface area contributed by atoms with Crippen molar-refractivity contribution in [1.82, 2.24) is 0 Å². The number of carbonyl (C=O) groups is 1. The highest BCUT2D eigenvalue weighted by Gasteiger charge is 2.34. The molecule has 0 unspecified atom stereocenters. The molecule has 2 rings (SSSR count). The van der Waals surface area contributed by atoms with Crippen LogP contribution in [0.5, 0.6) is 5.75 Å². The van der Waals surface area contributed by atoms with Crippen molar-refractivity contribution >= 4 is 5.97 Å². The van der Waals surface area contributed by atoms with E-state index in [1.54, 1.807) is 12.1 Å². The number of benzene rings is 2. The third-order valence-corrected chi connectivity index (χ3v) is 3.18. The smallest absolute Gasteiger partial charge is 0.426 e. The van der Waals surface area contributed by atoms with Crippen molar-refractivity contribution in [2.45, 2.75) is 25.9 Å². The summed E-state index contributed by atoms with van der Waals surface area (Å²) in [4.78, 5) is 10.7. The van der Waals surface area contributed by atoms with Gasteiger partial charge in [-0.1, -0.05) is 25.5 Å². The third kappa shape index (κ3) is 3.81. The average molecular weight is 306 g/mol. The molecule has 0 heterocycles. The topological polar surface area (TPSA) is 46.5 Å². The van der Waals surface area contributed by atoms with Gasteiger partial charge >= 0.3 is 12.1 Å². The van der Waals surface area contributed by atoms with Crippen LogP contribution in [0.1, 0.15) is 34.8 Å². The minimum atomic E-state index is -3.48. The minimum absolute atomic E-state index is 0.0135. The van der Waals surface area contributed by atoms with Crippen LogP contribution in [0.25, 0.3) is 0 Å². The number of aryl methyl sites for hydroxylation is 1. The largest absolute Gasteiger partial charge is 0.478 e. The Morgan fingerprint density at radius 2 is 1.68 bits per heavy atom. The van der Waals surface area contributed by atoms with E-state index in [1.807, 2.05) is 6.92 Å². The minimum Gasteiger partial charge on any atom is -0.478 e. The van der Waals surface area contributed by atoms with E-state index >= 15 is 0 Å². The molecule has 0 aromatic heterocycles. The van der Waals surface area contributed by atoms with Gasteiger partial charge in [0.2, 0.25) is 0 Å². The lowest BCUT2D eigenvalue weighted by Gasteiger charge is -2.18. The van der Waals surface area contributed by atoms with Gasteiger partial charge in [-0.15, -0.1) is 0 Å². The van der Waals surface area contributed by atoms with E-state index in [9.17, 15) is 13.6 Å². The number of carboxylic acid groups (broad SMARTS) is 1. The summed E-state index contributed by atoms with van der Waals surface area (Å²) in [6.45, 7) is 2.02. The highest BCUT2D eigenvalue weighted by atomic mass is 19.3. The molecule has 3 nitrogen and oxygen atoms in total. The lowest BCUT2D eigenvalue weighted by Crippen LogP contribution is -2.21. The van der Waals surface area contributed by atoms with Gasteiger partial charge in [0, 0.05) is 0 Å². The number of hydrogen-bond acceptors (Lipinski definition) is 2. The van der Waals surface area contributed by atoms with E-state index < -0.39 is 12.1 Å². The van der Waals surface area contributed by atoms with E-state index in [0.29, 0.717) is 0 Å². The lowest BCUT2D eigenvalue weighted by molar-refractivity contribution is -0.185. The van der Waals surface area contributed by atoms with Crippen LogP contribution < -0.4 is 4.74 Å². The van der Waals surface area contributed by atoms with E-state index in [2.05, 4.69) is 0 Å². The van der Waals surface area contributed by atoms with Crippen LogP contribution in [0.15, 0.2) is 48.5 Å². The number of alkyl halides is 2. The van der Waals surface area contributed by atoms with Crippen LogP contribution in [0.3, 0.4) is 0 Å². The number of rotatable bonds is 6. The van der Waals surface area contributed by atoms with Gasteiger partial charge < -0.3 is 9.84 Å². The predicted molar refractivity (Wildman–Crippen MR) is 78.4 cm³/mol. The number of hydrogen-bond donors (Lipinski definition) is 1. The summed E-state index contributed by atoms with van der Waals surface area (Å²) >= 11 is 0. The molecule has 0 aliphatic carbocycles. The van der Waals surface area contributed by atoms with E-state index in [1.165, 1.54) is 36.4 Å². The van der Waals surface area contributed by atoms with Crippen LogP contribution in [-0.4, -0.2) is 11.1 Å². The molecule has 0 bridgehead atoms. The fourth-order valence-corrected chi connectivity index (χ4v) is 2.03. The Bertz CT molecular complexity index is 634. The van der Waals surface area contributed by atoms with Crippen molar-refractivity contribution in [3.8, 4) is 5.75 Å². The Morgan fingerprint density at radius 3 is 2.18 bits per heavy atom. The van der Waals surface area contributed by atoms with Crippen LogP contribution in [0.4, 0.5) is 8.78 Å². The lowest BCUT2D eigenvalue weighted by atomic mass is 10.1. The van der Waals surface area contributed by atoms with Crippen LogP contribution >= 0.6 is 0 Å². The fraction of sp³-hybridized carbons (Fsp3) is 0.235. The maximum absolute atomic E-state index is 14.1. The van der Waals surface area contributed by atoms with Crippen molar-refractivity contribution in [1.29, 1.82) is 0 Å². The van der Waals surface area contributed by atoms with Crippen LogP contribution in [0, 0.1) is 0 Å². The molecule has 0 fully saturated rings. The highest BCUT2D eigenvalue weighted by molar-refractivity contribution is 5.87. The zero-order valence-corrected chi connectivity index (χ0v) is 12.1. The molecule has 0 aliphatic heterocycles. The second-order valence-corrected chi connectivity index (χ2v) is 4.90. The van der Waals surface area contributed by atoms with Gasteiger partial charge in [-0.25, -0.2) is 4.79 Å². The molecule has 2 aromatic carbocycles. The SMILES string of the molecule is CCCc1ccc(C(F)(F)Oc2ccc(C(=O)O)cc2)cc1. The molecule has 0 aliphatic rings. The van der Waals surface area contributed by atoms with Crippen molar-refractivity contribution in [3.63, 3.8) is 0 Å². The van der Waals surface area contributed by atoms with E-state index in [0.717, 1.165) is 18.4 Å². The van der Waals surface area contributed by atoms with Crippen LogP contribution in [0.2, 0.25) is 0 Å². The molecular formula is C17H16F2O3. The first-order valence-corrected chi connectivity index (χ1v) is 6.92. The first-order valence-electron chi connectivity index (χ1n) is 6.92.